The van der Waals surface area contributed by atoms with E-state index >= 15 is 0 Å². The molecule has 1 heterocycles. The minimum atomic E-state index is -0.666. The van der Waals surface area contributed by atoms with Gasteiger partial charge < -0.3 is 10.1 Å². The highest BCUT2D eigenvalue weighted by atomic mass is 16.5. The first-order valence-electron chi connectivity index (χ1n) is 6.38. The quantitative estimate of drug-likeness (QED) is 0.774. The molecule has 6 nitrogen and oxygen atoms in total. The number of piperidine rings is 1. The Morgan fingerprint density at radius 3 is 2.85 bits per heavy atom. The van der Waals surface area contributed by atoms with Crippen molar-refractivity contribution < 1.29 is 19.1 Å². The lowest BCUT2D eigenvalue weighted by molar-refractivity contribution is -0.137. The second-order valence-corrected chi connectivity index (χ2v) is 4.63. The van der Waals surface area contributed by atoms with Crippen LogP contribution in [0.1, 0.15) is 18.4 Å². The molecular formula is C14H16N2O4. The van der Waals surface area contributed by atoms with Crippen molar-refractivity contribution in [1.82, 2.24) is 10.6 Å². The van der Waals surface area contributed by atoms with E-state index < -0.39 is 11.9 Å². The monoisotopic (exact) mass is 276 g/mol. The molecule has 0 spiro atoms. The maximum atomic E-state index is 11.7. The zero-order chi connectivity index (χ0) is 14.5. The number of carbonyl (C=O) groups is 3. The van der Waals surface area contributed by atoms with Crippen LogP contribution in [0.3, 0.4) is 0 Å². The van der Waals surface area contributed by atoms with Crippen LogP contribution in [0.4, 0.5) is 0 Å². The van der Waals surface area contributed by atoms with Gasteiger partial charge in [-0.05, 0) is 25.0 Å². The molecule has 1 fully saturated rings. The summed E-state index contributed by atoms with van der Waals surface area (Å²) in [6.45, 7) is 1.72. The molecule has 2 N–H and O–H groups in total. The van der Waals surface area contributed by atoms with Gasteiger partial charge in [-0.3, -0.25) is 19.7 Å². The average molecular weight is 276 g/mol. The maximum absolute atomic E-state index is 11.7. The predicted octanol–water partition coefficient (Wildman–Crippen LogP) is 0.295. The summed E-state index contributed by atoms with van der Waals surface area (Å²) in [5.41, 5.74) is 0.932. The largest absolute Gasteiger partial charge is 0.484 e. The highest BCUT2D eigenvalue weighted by molar-refractivity contribution is 6.01. The zero-order valence-electron chi connectivity index (χ0n) is 11.1. The summed E-state index contributed by atoms with van der Waals surface area (Å²) in [5.74, 6) is -0.532. The van der Waals surface area contributed by atoms with Crippen LogP contribution in [-0.4, -0.2) is 30.4 Å². The molecule has 0 radical (unpaired) electrons. The van der Waals surface area contributed by atoms with Crippen molar-refractivity contribution in [3.05, 3.63) is 29.8 Å². The summed E-state index contributed by atoms with van der Waals surface area (Å²) in [4.78, 5) is 34.2. The number of carbonyl (C=O) groups excluding carboxylic acids is 3. The van der Waals surface area contributed by atoms with Gasteiger partial charge in [0.1, 0.15) is 11.8 Å². The lowest BCUT2D eigenvalue weighted by Gasteiger charge is -2.21. The number of hydrogen-bond acceptors (Lipinski definition) is 4. The number of para-hydroxylation sites is 1. The fourth-order valence-corrected chi connectivity index (χ4v) is 1.93. The average Bonchev–Trinajstić information content (AvgIpc) is 2.41. The Labute approximate surface area is 116 Å². The van der Waals surface area contributed by atoms with Crippen LogP contribution < -0.4 is 15.4 Å². The Bertz CT molecular complexity index is 542. The van der Waals surface area contributed by atoms with Crippen molar-refractivity contribution in [2.75, 3.05) is 6.61 Å². The van der Waals surface area contributed by atoms with Gasteiger partial charge in [-0.2, -0.15) is 0 Å². The molecule has 1 unspecified atom stereocenters. The van der Waals surface area contributed by atoms with Crippen LogP contribution in [0.15, 0.2) is 24.3 Å². The van der Waals surface area contributed by atoms with Gasteiger partial charge in [0.2, 0.25) is 11.8 Å². The number of rotatable bonds is 4. The van der Waals surface area contributed by atoms with E-state index in [-0.39, 0.29) is 24.8 Å². The summed E-state index contributed by atoms with van der Waals surface area (Å²) in [7, 11) is 0. The molecule has 0 bridgehead atoms. The van der Waals surface area contributed by atoms with Crippen molar-refractivity contribution in [3.8, 4) is 5.75 Å². The predicted molar refractivity (Wildman–Crippen MR) is 71.0 cm³/mol. The van der Waals surface area contributed by atoms with Gasteiger partial charge in [-0.25, -0.2) is 0 Å². The lowest BCUT2D eigenvalue weighted by atomic mass is 10.1. The first-order chi connectivity index (χ1) is 9.56. The number of ether oxygens (including phenoxy) is 1. The van der Waals surface area contributed by atoms with Gasteiger partial charge in [0.05, 0.1) is 0 Å². The van der Waals surface area contributed by atoms with Crippen molar-refractivity contribution in [2.45, 2.75) is 25.8 Å². The van der Waals surface area contributed by atoms with E-state index in [0.717, 1.165) is 5.56 Å². The Balaban J connectivity index is 1.83. The lowest BCUT2D eigenvalue weighted by Crippen LogP contribution is -2.53. The Hall–Kier alpha value is -2.37. The molecule has 1 aromatic rings. The normalized spacial score (nSPS) is 18.4. The van der Waals surface area contributed by atoms with E-state index in [4.69, 9.17) is 4.74 Å². The molecule has 0 aromatic heterocycles. The molecule has 106 valence electrons. The van der Waals surface area contributed by atoms with Gasteiger partial charge in [-0.1, -0.05) is 18.2 Å². The second-order valence-electron chi connectivity index (χ2n) is 4.63. The molecule has 3 amide bonds. The molecule has 20 heavy (non-hydrogen) atoms. The third-order valence-electron chi connectivity index (χ3n) is 3.03. The van der Waals surface area contributed by atoms with E-state index in [9.17, 15) is 14.4 Å². The summed E-state index contributed by atoms with van der Waals surface area (Å²) >= 11 is 0. The van der Waals surface area contributed by atoms with Crippen molar-refractivity contribution >= 4 is 17.7 Å². The van der Waals surface area contributed by atoms with E-state index in [1.54, 1.807) is 6.07 Å². The number of amides is 3. The molecular weight excluding hydrogens is 260 g/mol. The SMILES string of the molecule is Cc1ccccc1OCC(=O)NC1CCC(=O)NC1=O. The molecule has 0 saturated carbocycles. The summed E-state index contributed by atoms with van der Waals surface area (Å²) in [6, 6.07) is 6.69. The van der Waals surface area contributed by atoms with Crippen molar-refractivity contribution in [3.63, 3.8) is 0 Å². The highest BCUT2D eigenvalue weighted by Gasteiger charge is 2.27. The zero-order valence-corrected chi connectivity index (χ0v) is 11.1. The fraction of sp³-hybridized carbons (Fsp3) is 0.357. The first kappa shape index (κ1) is 14.0. The Kier molecular flexibility index (Phi) is 4.34. The summed E-state index contributed by atoms with van der Waals surface area (Å²) in [5, 5.41) is 4.73. The smallest absolute Gasteiger partial charge is 0.258 e. The number of benzene rings is 1. The highest BCUT2D eigenvalue weighted by Crippen LogP contribution is 2.15. The van der Waals surface area contributed by atoms with E-state index in [0.29, 0.717) is 12.2 Å². The third kappa shape index (κ3) is 3.57. The molecule has 1 aromatic carbocycles. The summed E-state index contributed by atoms with van der Waals surface area (Å²) < 4.78 is 5.39. The van der Waals surface area contributed by atoms with Crippen LogP contribution in [-0.2, 0) is 14.4 Å². The van der Waals surface area contributed by atoms with E-state index in [1.807, 2.05) is 25.1 Å². The summed E-state index contributed by atoms with van der Waals surface area (Å²) in [6.07, 6.45) is 0.552. The van der Waals surface area contributed by atoms with Gasteiger partial charge in [-0.15, -0.1) is 0 Å². The van der Waals surface area contributed by atoms with Crippen LogP contribution in [0.5, 0.6) is 5.75 Å². The molecule has 1 saturated heterocycles. The molecule has 2 rings (SSSR count). The van der Waals surface area contributed by atoms with Crippen LogP contribution >= 0.6 is 0 Å². The van der Waals surface area contributed by atoms with E-state index in [2.05, 4.69) is 10.6 Å². The number of hydrogen-bond donors (Lipinski definition) is 2. The van der Waals surface area contributed by atoms with Crippen molar-refractivity contribution in [2.24, 2.45) is 0 Å². The van der Waals surface area contributed by atoms with Gasteiger partial charge in [0.25, 0.3) is 5.91 Å². The maximum Gasteiger partial charge on any atom is 0.258 e. The van der Waals surface area contributed by atoms with Crippen molar-refractivity contribution in [1.29, 1.82) is 0 Å². The van der Waals surface area contributed by atoms with Crippen LogP contribution in [0.2, 0.25) is 0 Å². The van der Waals surface area contributed by atoms with Gasteiger partial charge in [0, 0.05) is 6.42 Å². The van der Waals surface area contributed by atoms with Gasteiger partial charge in [0.15, 0.2) is 6.61 Å². The standard InChI is InChI=1S/C14H16N2O4/c1-9-4-2-3-5-11(9)20-8-13(18)15-10-6-7-12(17)16-14(10)19/h2-5,10H,6-8H2,1H3,(H,15,18)(H,16,17,19). The molecule has 1 atom stereocenters. The van der Waals surface area contributed by atoms with Gasteiger partial charge >= 0.3 is 0 Å². The third-order valence-corrected chi connectivity index (χ3v) is 3.03. The minimum Gasteiger partial charge on any atom is -0.484 e. The van der Waals surface area contributed by atoms with Crippen LogP contribution in [0, 0.1) is 6.92 Å². The number of aryl methyl sites for hydroxylation is 1. The number of nitrogens with one attached hydrogen (secondary N) is 2. The fourth-order valence-electron chi connectivity index (χ4n) is 1.93. The Morgan fingerprint density at radius 2 is 2.15 bits per heavy atom. The topological polar surface area (TPSA) is 84.5 Å². The molecule has 6 heteroatoms. The molecule has 1 aliphatic heterocycles. The first-order valence-corrected chi connectivity index (χ1v) is 6.38. The number of imide groups is 1. The second kappa shape index (κ2) is 6.18. The molecule has 0 aliphatic carbocycles. The minimum absolute atomic E-state index is 0.164. The molecule has 1 aliphatic rings. The van der Waals surface area contributed by atoms with Crippen LogP contribution in [0.25, 0.3) is 0 Å². The Morgan fingerprint density at radius 1 is 1.40 bits per heavy atom. The van der Waals surface area contributed by atoms with E-state index in [1.165, 1.54) is 0 Å².